The third kappa shape index (κ3) is 5.77. The third-order valence-corrected chi connectivity index (χ3v) is 4.28. The highest BCUT2D eigenvalue weighted by Crippen LogP contribution is 2.33. The molecule has 1 amide bonds. The molecule has 0 aromatic heterocycles. The average Bonchev–Trinajstić information content (AvgIpc) is 2.64. The van der Waals surface area contributed by atoms with Crippen LogP contribution in [-0.4, -0.2) is 39.7 Å². The zero-order valence-electron chi connectivity index (χ0n) is 15.2. The van der Waals surface area contributed by atoms with E-state index in [1.54, 1.807) is 0 Å². The molecule has 0 bridgehead atoms. The summed E-state index contributed by atoms with van der Waals surface area (Å²) in [7, 11) is 5.33. The predicted molar refractivity (Wildman–Crippen MR) is 106 cm³/mol. The number of hydrogen-bond acceptors (Lipinski definition) is 5. The van der Waals surface area contributed by atoms with E-state index in [2.05, 4.69) is 5.32 Å². The number of ether oxygens (including phenoxy) is 2. The molecule has 0 heterocycles. The number of nitrogens with one attached hydrogen (secondary N) is 1. The molecule has 0 saturated carbocycles. The first-order chi connectivity index (χ1) is 12.8. The second-order valence-electron chi connectivity index (χ2n) is 5.89. The van der Waals surface area contributed by atoms with Crippen LogP contribution < -0.4 is 15.0 Å². The zero-order valence-corrected chi connectivity index (χ0v) is 16.7. The molecule has 0 aliphatic heterocycles. The van der Waals surface area contributed by atoms with E-state index in [9.17, 15) is 9.59 Å². The number of esters is 1. The Labute approximate surface area is 168 Å². The number of anilines is 1. The Morgan fingerprint density at radius 1 is 1.07 bits per heavy atom. The summed E-state index contributed by atoms with van der Waals surface area (Å²) in [5.41, 5.74) is 2.14. The number of amides is 1. The van der Waals surface area contributed by atoms with Gasteiger partial charge in [0.05, 0.1) is 22.7 Å². The van der Waals surface area contributed by atoms with Gasteiger partial charge >= 0.3 is 5.97 Å². The lowest BCUT2D eigenvalue weighted by atomic mass is 10.2. The standard InChI is InChI=1S/C19H20Cl2N2O4/c1-23(2)14-6-4-12(5-7-14)10-22-17(24)11-27-19(25)13-8-15(20)18(26-3)16(21)9-13/h4-9H,10-11H2,1-3H3,(H,22,24). The number of nitrogens with zero attached hydrogens (tertiary/aromatic N) is 1. The quantitative estimate of drug-likeness (QED) is 0.706. The topological polar surface area (TPSA) is 67.9 Å². The van der Waals surface area contributed by atoms with Crippen LogP contribution in [0.5, 0.6) is 5.75 Å². The maximum Gasteiger partial charge on any atom is 0.338 e. The van der Waals surface area contributed by atoms with Gasteiger partial charge in [0.2, 0.25) is 0 Å². The SMILES string of the molecule is COc1c(Cl)cc(C(=O)OCC(=O)NCc2ccc(N(C)C)cc2)cc1Cl. The normalized spacial score (nSPS) is 10.3. The van der Waals surface area contributed by atoms with Crippen molar-refractivity contribution in [3.8, 4) is 5.75 Å². The minimum atomic E-state index is -0.702. The van der Waals surface area contributed by atoms with Crippen LogP contribution in [0.2, 0.25) is 10.0 Å². The molecule has 0 radical (unpaired) electrons. The fourth-order valence-corrected chi connectivity index (χ4v) is 2.89. The highest BCUT2D eigenvalue weighted by Gasteiger charge is 2.15. The minimum absolute atomic E-state index is 0.137. The third-order valence-electron chi connectivity index (χ3n) is 3.71. The summed E-state index contributed by atoms with van der Waals surface area (Å²) in [4.78, 5) is 25.9. The summed E-state index contributed by atoms with van der Waals surface area (Å²) in [5, 5.41) is 3.06. The van der Waals surface area contributed by atoms with Gasteiger partial charge in [-0.15, -0.1) is 0 Å². The van der Waals surface area contributed by atoms with Gasteiger partial charge in [0.1, 0.15) is 0 Å². The maximum atomic E-state index is 12.1. The van der Waals surface area contributed by atoms with Gasteiger partial charge < -0.3 is 19.7 Å². The predicted octanol–water partition coefficient (Wildman–Crippen LogP) is 3.54. The van der Waals surface area contributed by atoms with E-state index >= 15 is 0 Å². The Kier molecular flexibility index (Phi) is 7.33. The Hall–Kier alpha value is -2.44. The number of methoxy groups -OCH3 is 1. The van der Waals surface area contributed by atoms with Crippen molar-refractivity contribution in [3.63, 3.8) is 0 Å². The molecule has 0 fully saturated rings. The van der Waals surface area contributed by atoms with E-state index in [0.29, 0.717) is 6.54 Å². The number of rotatable bonds is 7. The van der Waals surface area contributed by atoms with Gasteiger partial charge in [-0.2, -0.15) is 0 Å². The molecule has 6 nitrogen and oxygen atoms in total. The van der Waals surface area contributed by atoms with Crippen molar-refractivity contribution >= 4 is 40.8 Å². The average molecular weight is 411 g/mol. The van der Waals surface area contributed by atoms with Crippen LogP contribution in [0.25, 0.3) is 0 Å². The number of carbonyl (C=O) groups excluding carboxylic acids is 2. The van der Waals surface area contributed by atoms with Crippen LogP contribution >= 0.6 is 23.2 Å². The monoisotopic (exact) mass is 410 g/mol. The Bertz CT molecular complexity index is 800. The van der Waals surface area contributed by atoms with Crippen molar-refractivity contribution in [2.45, 2.75) is 6.54 Å². The van der Waals surface area contributed by atoms with Crippen molar-refractivity contribution < 1.29 is 19.1 Å². The summed E-state index contributed by atoms with van der Waals surface area (Å²) >= 11 is 12.0. The molecular weight excluding hydrogens is 391 g/mol. The van der Waals surface area contributed by atoms with Gasteiger partial charge in [0.25, 0.3) is 5.91 Å². The number of carbonyl (C=O) groups is 2. The molecule has 2 aromatic carbocycles. The van der Waals surface area contributed by atoms with E-state index in [1.807, 2.05) is 43.3 Å². The lowest BCUT2D eigenvalue weighted by molar-refractivity contribution is -0.124. The molecule has 144 valence electrons. The highest BCUT2D eigenvalue weighted by atomic mass is 35.5. The number of benzene rings is 2. The molecule has 0 aliphatic carbocycles. The fourth-order valence-electron chi connectivity index (χ4n) is 2.25. The molecule has 0 unspecified atom stereocenters. The van der Waals surface area contributed by atoms with Crippen LogP contribution in [0.1, 0.15) is 15.9 Å². The van der Waals surface area contributed by atoms with Crippen molar-refractivity contribution in [2.24, 2.45) is 0 Å². The van der Waals surface area contributed by atoms with E-state index in [1.165, 1.54) is 19.2 Å². The Morgan fingerprint density at radius 3 is 2.19 bits per heavy atom. The summed E-state index contributed by atoms with van der Waals surface area (Å²) in [5.74, 6) is -0.842. The van der Waals surface area contributed by atoms with E-state index < -0.39 is 18.5 Å². The highest BCUT2D eigenvalue weighted by molar-refractivity contribution is 6.37. The fraction of sp³-hybridized carbons (Fsp3) is 0.263. The molecule has 2 rings (SSSR count). The van der Waals surface area contributed by atoms with Crippen molar-refractivity contribution in [1.29, 1.82) is 0 Å². The zero-order chi connectivity index (χ0) is 20.0. The van der Waals surface area contributed by atoms with E-state index in [0.717, 1.165) is 11.3 Å². The lowest BCUT2D eigenvalue weighted by Gasteiger charge is -2.13. The molecule has 0 spiro atoms. The second-order valence-corrected chi connectivity index (χ2v) is 6.70. The van der Waals surface area contributed by atoms with Crippen molar-refractivity contribution in [3.05, 3.63) is 57.6 Å². The molecule has 27 heavy (non-hydrogen) atoms. The van der Waals surface area contributed by atoms with Crippen LogP contribution in [0.15, 0.2) is 36.4 Å². The Balaban J connectivity index is 1.85. The van der Waals surface area contributed by atoms with E-state index in [-0.39, 0.29) is 21.4 Å². The molecule has 1 N–H and O–H groups in total. The van der Waals surface area contributed by atoms with Crippen molar-refractivity contribution in [1.82, 2.24) is 5.32 Å². The van der Waals surface area contributed by atoms with Gasteiger partial charge in [-0.25, -0.2) is 4.79 Å². The molecular formula is C19H20Cl2N2O4. The largest absolute Gasteiger partial charge is 0.494 e. The number of halogens is 2. The van der Waals surface area contributed by atoms with Gasteiger partial charge in [-0.3, -0.25) is 4.79 Å². The Morgan fingerprint density at radius 2 is 1.67 bits per heavy atom. The van der Waals surface area contributed by atoms with Gasteiger partial charge in [-0.1, -0.05) is 35.3 Å². The lowest BCUT2D eigenvalue weighted by Crippen LogP contribution is -2.28. The first kappa shape index (κ1) is 20.9. The van der Waals surface area contributed by atoms with Crippen LogP contribution in [0, 0.1) is 0 Å². The van der Waals surface area contributed by atoms with Crippen LogP contribution in [0.4, 0.5) is 5.69 Å². The maximum absolute atomic E-state index is 12.1. The first-order valence-corrected chi connectivity index (χ1v) is 8.80. The molecule has 0 atom stereocenters. The van der Waals surface area contributed by atoms with Gasteiger partial charge in [0, 0.05) is 26.3 Å². The van der Waals surface area contributed by atoms with Crippen LogP contribution in [-0.2, 0) is 16.1 Å². The summed E-state index contributed by atoms with van der Waals surface area (Å²) < 4.78 is 10.0. The summed E-state index contributed by atoms with van der Waals surface area (Å²) in [6.45, 7) is -0.0693. The van der Waals surface area contributed by atoms with Gasteiger partial charge in [0.15, 0.2) is 12.4 Å². The van der Waals surface area contributed by atoms with Gasteiger partial charge in [-0.05, 0) is 29.8 Å². The second kappa shape index (κ2) is 9.48. The molecule has 0 aliphatic rings. The minimum Gasteiger partial charge on any atom is -0.494 e. The summed E-state index contributed by atoms with van der Waals surface area (Å²) in [6.07, 6.45) is 0. The summed E-state index contributed by atoms with van der Waals surface area (Å²) in [6, 6.07) is 10.5. The molecule has 8 heteroatoms. The van der Waals surface area contributed by atoms with E-state index in [4.69, 9.17) is 32.7 Å². The number of hydrogen-bond donors (Lipinski definition) is 1. The van der Waals surface area contributed by atoms with Crippen molar-refractivity contribution in [2.75, 3.05) is 32.7 Å². The first-order valence-electron chi connectivity index (χ1n) is 8.05. The molecule has 2 aromatic rings. The molecule has 0 saturated heterocycles. The van der Waals surface area contributed by atoms with Crippen LogP contribution in [0.3, 0.4) is 0 Å². The smallest absolute Gasteiger partial charge is 0.338 e.